The number of benzene rings is 2. The molecule has 19 heavy (non-hydrogen) atoms. The maximum atomic E-state index is 9.94. The van der Waals surface area contributed by atoms with Gasteiger partial charge in [0.2, 0.25) is 10.0 Å². The Morgan fingerprint density at radius 2 is 1.26 bits per heavy atom. The molecule has 0 aliphatic heterocycles. The third-order valence-electron chi connectivity index (χ3n) is 2.23. The topological polar surface area (TPSA) is 60.2 Å². The smallest absolute Gasteiger partial charge is 0.212 e. The second kappa shape index (κ2) is 7.51. The minimum atomic E-state index is -3.29. The fraction of sp³-hybridized carbons (Fsp3) is 0.0667. The van der Waals surface area contributed by atoms with E-state index in [1.807, 2.05) is 12.1 Å². The largest absolute Gasteiger partial charge is 0.228 e. The molecule has 2 rings (SSSR count). The average molecular weight is 275 g/mol. The summed E-state index contributed by atoms with van der Waals surface area (Å²) in [6.07, 6.45) is 1.25. The number of primary sulfonamides is 1. The van der Waals surface area contributed by atoms with Crippen molar-refractivity contribution in [1.82, 2.24) is 0 Å². The Morgan fingerprint density at radius 1 is 0.895 bits per heavy atom. The summed E-state index contributed by atoms with van der Waals surface area (Å²) in [6, 6.07) is 20.8. The fourth-order valence-corrected chi connectivity index (χ4v) is 1.75. The van der Waals surface area contributed by atoms with E-state index in [1.165, 1.54) is 17.2 Å². The molecule has 0 amide bonds. The van der Waals surface area contributed by atoms with Gasteiger partial charge >= 0.3 is 0 Å². The van der Waals surface area contributed by atoms with Crippen LogP contribution in [0.3, 0.4) is 0 Å². The van der Waals surface area contributed by atoms with Crippen LogP contribution in [0.25, 0.3) is 11.1 Å². The van der Waals surface area contributed by atoms with Crippen molar-refractivity contribution in [2.75, 3.05) is 5.75 Å². The SMILES string of the molecule is C=CCS(N)(=O)=O.c1ccc(-c2ccccc2)cc1. The van der Waals surface area contributed by atoms with E-state index in [2.05, 4.69) is 60.2 Å². The monoisotopic (exact) mass is 275 g/mol. The zero-order valence-corrected chi connectivity index (χ0v) is 11.4. The van der Waals surface area contributed by atoms with Crippen LogP contribution in [0.2, 0.25) is 0 Å². The molecule has 0 aliphatic carbocycles. The molecule has 100 valence electrons. The normalized spacial score (nSPS) is 10.2. The van der Waals surface area contributed by atoms with Crippen LogP contribution < -0.4 is 5.14 Å². The maximum absolute atomic E-state index is 9.94. The fourth-order valence-electron chi connectivity index (χ4n) is 1.43. The van der Waals surface area contributed by atoms with Crippen LogP contribution in [0.5, 0.6) is 0 Å². The number of hydrogen-bond acceptors (Lipinski definition) is 2. The summed E-state index contributed by atoms with van der Waals surface area (Å²) in [5, 5.41) is 4.55. The third kappa shape index (κ3) is 6.55. The van der Waals surface area contributed by atoms with Gasteiger partial charge in [0.1, 0.15) is 0 Å². The van der Waals surface area contributed by atoms with Crippen molar-refractivity contribution >= 4 is 10.0 Å². The Hall–Kier alpha value is -1.91. The van der Waals surface area contributed by atoms with Gasteiger partial charge in [0.15, 0.2) is 0 Å². The minimum Gasteiger partial charge on any atom is -0.228 e. The summed E-state index contributed by atoms with van der Waals surface area (Å²) in [6.45, 7) is 3.19. The Morgan fingerprint density at radius 3 is 1.47 bits per heavy atom. The predicted octanol–water partition coefficient (Wildman–Crippen LogP) is 2.81. The number of nitrogens with two attached hydrogens (primary N) is 1. The van der Waals surface area contributed by atoms with Gasteiger partial charge in [0.05, 0.1) is 5.75 Å². The van der Waals surface area contributed by atoms with Crippen molar-refractivity contribution in [3.63, 3.8) is 0 Å². The highest BCUT2D eigenvalue weighted by molar-refractivity contribution is 7.89. The molecule has 2 N–H and O–H groups in total. The van der Waals surface area contributed by atoms with Crippen molar-refractivity contribution in [3.05, 3.63) is 73.3 Å². The molecule has 0 spiro atoms. The van der Waals surface area contributed by atoms with Gasteiger partial charge in [-0.25, -0.2) is 13.6 Å². The van der Waals surface area contributed by atoms with Gasteiger partial charge in [-0.3, -0.25) is 0 Å². The van der Waals surface area contributed by atoms with E-state index in [0.717, 1.165) is 0 Å². The zero-order valence-electron chi connectivity index (χ0n) is 10.6. The van der Waals surface area contributed by atoms with E-state index >= 15 is 0 Å². The van der Waals surface area contributed by atoms with Gasteiger partial charge < -0.3 is 0 Å². The first-order chi connectivity index (χ1) is 9.03. The quantitative estimate of drug-likeness (QED) is 0.876. The zero-order chi connectivity index (χ0) is 14.1. The third-order valence-corrected chi connectivity index (χ3v) is 2.93. The van der Waals surface area contributed by atoms with E-state index in [4.69, 9.17) is 0 Å². The Bertz CT molecular complexity index is 555. The highest BCUT2D eigenvalue weighted by atomic mass is 32.2. The lowest BCUT2D eigenvalue weighted by molar-refractivity contribution is 0.600. The van der Waals surface area contributed by atoms with Gasteiger partial charge in [0.25, 0.3) is 0 Å². The average Bonchev–Trinajstić information content (AvgIpc) is 2.40. The van der Waals surface area contributed by atoms with Crippen LogP contribution in [0.1, 0.15) is 0 Å². The number of rotatable bonds is 3. The second-order valence-corrected chi connectivity index (χ2v) is 5.51. The molecule has 2 aromatic rings. The molecule has 0 atom stereocenters. The van der Waals surface area contributed by atoms with Gasteiger partial charge in [0, 0.05) is 0 Å². The predicted molar refractivity (Wildman–Crippen MR) is 80.0 cm³/mol. The van der Waals surface area contributed by atoms with Crippen molar-refractivity contribution in [2.45, 2.75) is 0 Å². The van der Waals surface area contributed by atoms with E-state index in [0.29, 0.717) is 0 Å². The first-order valence-electron chi connectivity index (χ1n) is 5.75. The summed E-state index contributed by atoms with van der Waals surface area (Å²) >= 11 is 0. The molecule has 0 aliphatic rings. The summed E-state index contributed by atoms with van der Waals surface area (Å²) in [5.41, 5.74) is 2.55. The highest BCUT2D eigenvalue weighted by Gasteiger charge is 1.93. The molecule has 4 heteroatoms. The van der Waals surface area contributed by atoms with Crippen LogP contribution >= 0.6 is 0 Å². The lowest BCUT2D eigenvalue weighted by Crippen LogP contribution is -2.14. The molecule has 0 unspecified atom stereocenters. The minimum absolute atomic E-state index is 0.146. The molecule has 0 fully saturated rings. The summed E-state index contributed by atoms with van der Waals surface area (Å²) in [5.74, 6) is -0.146. The molecule has 0 heterocycles. The lowest BCUT2D eigenvalue weighted by Gasteiger charge is -1.98. The highest BCUT2D eigenvalue weighted by Crippen LogP contribution is 2.17. The molecule has 3 nitrogen and oxygen atoms in total. The maximum Gasteiger partial charge on any atom is 0.212 e. The Balaban J connectivity index is 0.000000224. The summed E-state index contributed by atoms with van der Waals surface area (Å²) in [7, 11) is -3.29. The summed E-state index contributed by atoms with van der Waals surface area (Å²) < 4.78 is 19.9. The van der Waals surface area contributed by atoms with Crippen molar-refractivity contribution in [1.29, 1.82) is 0 Å². The molecular weight excluding hydrogens is 258 g/mol. The van der Waals surface area contributed by atoms with E-state index < -0.39 is 10.0 Å². The molecular formula is C15H17NO2S. The van der Waals surface area contributed by atoms with Crippen LogP contribution in [-0.4, -0.2) is 14.2 Å². The molecule has 0 bridgehead atoms. The number of hydrogen-bond donors (Lipinski definition) is 1. The standard InChI is InChI=1S/C12H10.C3H7NO2S/c1-3-7-11(8-4-1)12-9-5-2-6-10-12;1-2-3-7(4,5)6/h1-10H;2H,1,3H2,(H2,4,5,6). The van der Waals surface area contributed by atoms with Crippen LogP contribution in [-0.2, 0) is 10.0 Å². The molecule has 0 saturated heterocycles. The molecule has 0 saturated carbocycles. The van der Waals surface area contributed by atoms with Crippen molar-refractivity contribution < 1.29 is 8.42 Å². The van der Waals surface area contributed by atoms with Crippen molar-refractivity contribution in [3.8, 4) is 11.1 Å². The molecule has 2 aromatic carbocycles. The lowest BCUT2D eigenvalue weighted by atomic mass is 10.1. The van der Waals surface area contributed by atoms with Crippen LogP contribution in [0.4, 0.5) is 0 Å². The van der Waals surface area contributed by atoms with Crippen LogP contribution in [0, 0.1) is 0 Å². The van der Waals surface area contributed by atoms with Gasteiger partial charge in [-0.1, -0.05) is 66.7 Å². The Kier molecular flexibility index (Phi) is 5.99. The Labute approximate surface area is 114 Å². The van der Waals surface area contributed by atoms with Crippen molar-refractivity contribution in [2.24, 2.45) is 5.14 Å². The van der Waals surface area contributed by atoms with Gasteiger partial charge in [-0.2, -0.15) is 0 Å². The van der Waals surface area contributed by atoms with E-state index in [9.17, 15) is 8.42 Å². The number of sulfonamides is 1. The first-order valence-corrected chi connectivity index (χ1v) is 7.46. The van der Waals surface area contributed by atoms with Crippen LogP contribution in [0.15, 0.2) is 73.3 Å². The van der Waals surface area contributed by atoms with E-state index in [-0.39, 0.29) is 5.75 Å². The van der Waals surface area contributed by atoms with E-state index in [1.54, 1.807) is 0 Å². The first kappa shape index (κ1) is 15.1. The van der Waals surface area contributed by atoms with Gasteiger partial charge in [-0.05, 0) is 11.1 Å². The van der Waals surface area contributed by atoms with Gasteiger partial charge in [-0.15, -0.1) is 6.58 Å². The molecule has 0 radical (unpaired) electrons. The second-order valence-electron chi connectivity index (χ2n) is 3.85. The summed E-state index contributed by atoms with van der Waals surface area (Å²) in [4.78, 5) is 0. The molecule has 0 aromatic heterocycles.